The van der Waals surface area contributed by atoms with Crippen LogP contribution in [0.5, 0.6) is 0 Å². The normalized spacial score (nSPS) is 12.9. The van der Waals surface area contributed by atoms with Crippen molar-refractivity contribution in [3.63, 3.8) is 0 Å². The Morgan fingerprint density at radius 3 is 3.07 bits per heavy atom. The van der Waals surface area contributed by atoms with Crippen LogP contribution in [-0.4, -0.2) is 25.0 Å². The average molecular weight is 206 g/mol. The van der Waals surface area contributed by atoms with Gasteiger partial charge >= 0.3 is 0 Å². The van der Waals surface area contributed by atoms with E-state index in [0.717, 1.165) is 18.7 Å². The van der Waals surface area contributed by atoms with Crippen LogP contribution < -0.4 is 5.73 Å². The molecule has 0 bridgehead atoms. The fraction of sp³-hybridized carbons (Fsp3) is 0.444. The van der Waals surface area contributed by atoms with Gasteiger partial charge in [-0.15, -0.1) is 0 Å². The Labute approximate surface area is 87.5 Å². The lowest BCUT2D eigenvalue weighted by molar-refractivity contribution is 0.614. The van der Waals surface area contributed by atoms with Crippen LogP contribution in [0.3, 0.4) is 0 Å². The van der Waals surface area contributed by atoms with Crippen molar-refractivity contribution < 1.29 is 0 Å². The maximum Gasteiger partial charge on any atom is 0.141 e. The third kappa shape index (κ3) is 2.41. The molecule has 2 heterocycles. The molecule has 2 aromatic rings. The van der Waals surface area contributed by atoms with Crippen molar-refractivity contribution in [2.75, 3.05) is 0 Å². The van der Waals surface area contributed by atoms with E-state index in [2.05, 4.69) is 20.3 Å². The number of nitrogens with zero attached hydrogens (tertiary/aromatic N) is 4. The van der Waals surface area contributed by atoms with Crippen LogP contribution in [0.1, 0.15) is 23.9 Å². The van der Waals surface area contributed by atoms with Gasteiger partial charge in [-0.25, -0.2) is 4.98 Å². The van der Waals surface area contributed by atoms with Crippen molar-refractivity contribution in [1.29, 1.82) is 0 Å². The highest BCUT2D eigenvalue weighted by atomic mass is 15.2. The third-order valence-electron chi connectivity index (χ3n) is 2.29. The van der Waals surface area contributed by atoms with E-state index in [1.807, 2.05) is 19.4 Å². The Hall–Kier alpha value is -1.69. The van der Waals surface area contributed by atoms with E-state index in [1.54, 1.807) is 4.68 Å². The monoisotopic (exact) mass is 206 g/mol. The zero-order valence-electron chi connectivity index (χ0n) is 8.59. The van der Waals surface area contributed by atoms with Crippen molar-refractivity contribution in [1.82, 2.24) is 25.0 Å². The number of aryl methyl sites for hydroxylation is 2. The van der Waals surface area contributed by atoms with Crippen LogP contribution >= 0.6 is 0 Å². The number of hydrogen-bond donors (Lipinski definition) is 2. The molecular formula is C9H14N6. The lowest BCUT2D eigenvalue weighted by Gasteiger charge is -2.06. The molecule has 80 valence electrons. The number of nitrogens with one attached hydrogen (secondary N) is 1. The first-order chi connectivity index (χ1) is 7.25. The lowest BCUT2D eigenvalue weighted by Crippen LogP contribution is -2.13. The van der Waals surface area contributed by atoms with E-state index >= 15 is 0 Å². The minimum absolute atomic E-state index is 0.0901. The zero-order chi connectivity index (χ0) is 10.7. The molecule has 0 amide bonds. The zero-order valence-corrected chi connectivity index (χ0v) is 8.59. The first kappa shape index (κ1) is 9.85. The summed E-state index contributed by atoms with van der Waals surface area (Å²) in [5, 5.41) is 10.6. The van der Waals surface area contributed by atoms with E-state index in [9.17, 15) is 0 Å². The SMILES string of the molecule is Cn1cc(CCC(N)c2ncn[nH]2)cn1. The number of aromatic nitrogens is 5. The Kier molecular flexibility index (Phi) is 2.77. The minimum Gasteiger partial charge on any atom is -0.321 e. The number of aromatic amines is 1. The number of rotatable bonds is 4. The summed E-state index contributed by atoms with van der Waals surface area (Å²) in [6.07, 6.45) is 7.05. The highest BCUT2D eigenvalue weighted by Gasteiger charge is 2.09. The van der Waals surface area contributed by atoms with Gasteiger partial charge in [0.05, 0.1) is 12.2 Å². The van der Waals surface area contributed by atoms with E-state index < -0.39 is 0 Å². The molecule has 2 aromatic heterocycles. The summed E-state index contributed by atoms with van der Waals surface area (Å²) in [6, 6.07) is -0.0901. The predicted molar refractivity (Wildman–Crippen MR) is 54.8 cm³/mol. The highest BCUT2D eigenvalue weighted by molar-refractivity contribution is 5.04. The van der Waals surface area contributed by atoms with E-state index in [4.69, 9.17) is 5.73 Å². The Morgan fingerprint density at radius 1 is 1.60 bits per heavy atom. The van der Waals surface area contributed by atoms with Crippen molar-refractivity contribution in [3.05, 3.63) is 30.1 Å². The number of nitrogens with two attached hydrogens (primary N) is 1. The summed E-state index contributed by atoms with van der Waals surface area (Å²) in [6.45, 7) is 0. The predicted octanol–water partition coefficient (Wildman–Crippen LogP) is 0.171. The van der Waals surface area contributed by atoms with Crippen molar-refractivity contribution in [3.8, 4) is 0 Å². The number of H-pyrrole nitrogens is 1. The van der Waals surface area contributed by atoms with Crippen LogP contribution in [0.2, 0.25) is 0 Å². The van der Waals surface area contributed by atoms with Crippen LogP contribution in [0, 0.1) is 0 Å². The van der Waals surface area contributed by atoms with Gasteiger partial charge in [-0.05, 0) is 18.4 Å². The van der Waals surface area contributed by atoms with Gasteiger partial charge in [0, 0.05) is 13.2 Å². The molecule has 0 saturated carbocycles. The molecule has 6 heteroatoms. The van der Waals surface area contributed by atoms with Crippen molar-refractivity contribution in [2.24, 2.45) is 12.8 Å². The largest absolute Gasteiger partial charge is 0.321 e. The first-order valence-electron chi connectivity index (χ1n) is 4.84. The molecule has 1 atom stereocenters. The standard InChI is InChI=1S/C9H14N6/c1-15-5-7(4-13-15)2-3-8(10)9-11-6-12-14-9/h4-6,8H,2-3,10H2,1H3,(H,11,12,14). The second-order valence-corrected chi connectivity index (χ2v) is 3.54. The molecule has 15 heavy (non-hydrogen) atoms. The summed E-state index contributed by atoms with van der Waals surface area (Å²) in [7, 11) is 1.90. The van der Waals surface area contributed by atoms with Crippen LogP contribution in [-0.2, 0) is 13.5 Å². The second-order valence-electron chi connectivity index (χ2n) is 3.54. The Balaban J connectivity index is 1.88. The van der Waals surface area contributed by atoms with Gasteiger partial charge in [0.25, 0.3) is 0 Å². The van der Waals surface area contributed by atoms with Gasteiger partial charge in [-0.1, -0.05) is 0 Å². The number of hydrogen-bond acceptors (Lipinski definition) is 4. The smallest absolute Gasteiger partial charge is 0.141 e. The van der Waals surface area contributed by atoms with Gasteiger partial charge < -0.3 is 5.73 Å². The molecule has 0 aliphatic carbocycles. The molecule has 0 aromatic carbocycles. The molecule has 2 rings (SSSR count). The summed E-state index contributed by atoms with van der Waals surface area (Å²) < 4.78 is 1.79. The third-order valence-corrected chi connectivity index (χ3v) is 2.29. The lowest BCUT2D eigenvalue weighted by atomic mass is 10.1. The van der Waals surface area contributed by atoms with Crippen LogP contribution in [0.15, 0.2) is 18.7 Å². The van der Waals surface area contributed by atoms with Crippen molar-refractivity contribution >= 4 is 0 Å². The van der Waals surface area contributed by atoms with Gasteiger partial charge in [-0.2, -0.15) is 10.2 Å². The Bertz CT molecular complexity index is 404. The highest BCUT2D eigenvalue weighted by Crippen LogP contribution is 2.11. The van der Waals surface area contributed by atoms with Crippen LogP contribution in [0.25, 0.3) is 0 Å². The van der Waals surface area contributed by atoms with E-state index in [-0.39, 0.29) is 6.04 Å². The quantitative estimate of drug-likeness (QED) is 0.746. The Morgan fingerprint density at radius 2 is 2.47 bits per heavy atom. The topological polar surface area (TPSA) is 85.4 Å². The molecule has 0 radical (unpaired) electrons. The van der Waals surface area contributed by atoms with Gasteiger partial charge in [0.1, 0.15) is 12.2 Å². The summed E-state index contributed by atoms with van der Waals surface area (Å²) in [5.74, 6) is 0.735. The fourth-order valence-electron chi connectivity index (χ4n) is 1.45. The molecule has 0 fully saturated rings. The fourth-order valence-corrected chi connectivity index (χ4v) is 1.45. The average Bonchev–Trinajstić information content (AvgIpc) is 2.84. The van der Waals surface area contributed by atoms with Gasteiger partial charge in [0.15, 0.2) is 0 Å². The molecule has 6 nitrogen and oxygen atoms in total. The van der Waals surface area contributed by atoms with E-state index in [1.165, 1.54) is 11.9 Å². The molecule has 0 spiro atoms. The van der Waals surface area contributed by atoms with Crippen LogP contribution in [0.4, 0.5) is 0 Å². The second kappa shape index (κ2) is 4.22. The maximum atomic E-state index is 5.93. The first-order valence-corrected chi connectivity index (χ1v) is 4.84. The molecule has 1 unspecified atom stereocenters. The van der Waals surface area contributed by atoms with Gasteiger partial charge in [0.2, 0.25) is 0 Å². The molecule has 3 N–H and O–H groups in total. The minimum atomic E-state index is -0.0901. The molecule has 0 aliphatic heterocycles. The molecule has 0 aliphatic rings. The van der Waals surface area contributed by atoms with Gasteiger partial charge in [-0.3, -0.25) is 9.78 Å². The van der Waals surface area contributed by atoms with E-state index in [0.29, 0.717) is 0 Å². The maximum absolute atomic E-state index is 5.93. The summed E-state index contributed by atoms with van der Waals surface area (Å²) in [5.41, 5.74) is 7.12. The van der Waals surface area contributed by atoms with Crippen molar-refractivity contribution in [2.45, 2.75) is 18.9 Å². The summed E-state index contributed by atoms with van der Waals surface area (Å²) >= 11 is 0. The molecule has 0 saturated heterocycles. The summed E-state index contributed by atoms with van der Waals surface area (Å²) in [4.78, 5) is 4.02. The molecular weight excluding hydrogens is 192 g/mol.